The number of hydrogen-bond donors (Lipinski definition) is 1. The van der Waals surface area contributed by atoms with Crippen molar-refractivity contribution in [2.75, 3.05) is 17.1 Å². The molecule has 2 aromatic rings. The molecule has 0 aliphatic carbocycles. The van der Waals surface area contributed by atoms with E-state index in [-0.39, 0.29) is 24.2 Å². The van der Waals surface area contributed by atoms with Gasteiger partial charge in [-0.1, -0.05) is 29.8 Å². The number of nitrogens with zero attached hydrogens (tertiary/aromatic N) is 2. The molecule has 7 nitrogen and oxygen atoms in total. The number of amides is 2. The number of carbonyl (C=O) groups is 2. The lowest BCUT2D eigenvalue weighted by Crippen LogP contribution is -2.52. The van der Waals surface area contributed by atoms with E-state index in [0.29, 0.717) is 0 Å². The van der Waals surface area contributed by atoms with Crippen LogP contribution in [0.4, 0.5) is 10.1 Å². The maximum atomic E-state index is 13.3. The Bertz CT molecular complexity index is 1040. The second-order valence-corrected chi connectivity index (χ2v) is 10.00. The summed E-state index contributed by atoms with van der Waals surface area (Å²) in [4.78, 5) is 27.3. The Balaban J connectivity index is 2.36. The van der Waals surface area contributed by atoms with Crippen molar-refractivity contribution in [2.45, 2.75) is 46.3 Å². The molecule has 0 bridgehead atoms. The van der Waals surface area contributed by atoms with Crippen LogP contribution < -0.4 is 9.62 Å². The number of sulfonamides is 1. The van der Waals surface area contributed by atoms with Gasteiger partial charge in [0.1, 0.15) is 18.4 Å². The van der Waals surface area contributed by atoms with Crippen LogP contribution in [0, 0.1) is 12.7 Å². The number of anilines is 1. The molecule has 1 N–H and O–H groups in total. The van der Waals surface area contributed by atoms with Crippen LogP contribution >= 0.6 is 0 Å². The molecule has 1 atom stereocenters. The van der Waals surface area contributed by atoms with E-state index in [1.807, 2.05) is 45.0 Å². The fraction of sp³-hybridized carbons (Fsp3) is 0.391. The summed E-state index contributed by atoms with van der Waals surface area (Å²) in [6, 6.07) is 11.4. The number of rotatable bonds is 9. The predicted molar refractivity (Wildman–Crippen MR) is 123 cm³/mol. The van der Waals surface area contributed by atoms with Crippen LogP contribution in [0.3, 0.4) is 0 Å². The van der Waals surface area contributed by atoms with Gasteiger partial charge in [-0.15, -0.1) is 0 Å². The van der Waals surface area contributed by atoms with E-state index < -0.39 is 34.3 Å². The molecule has 2 amide bonds. The second kappa shape index (κ2) is 10.6. The van der Waals surface area contributed by atoms with E-state index in [4.69, 9.17) is 0 Å². The predicted octanol–water partition coefficient (Wildman–Crippen LogP) is 2.84. The molecule has 32 heavy (non-hydrogen) atoms. The normalized spacial score (nSPS) is 12.3. The topological polar surface area (TPSA) is 86.8 Å². The molecular weight excluding hydrogens is 433 g/mol. The minimum atomic E-state index is -3.84. The van der Waals surface area contributed by atoms with Crippen LogP contribution in [0.1, 0.15) is 31.9 Å². The van der Waals surface area contributed by atoms with Crippen LogP contribution in [0.2, 0.25) is 0 Å². The monoisotopic (exact) mass is 463 g/mol. The fourth-order valence-corrected chi connectivity index (χ4v) is 3.95. The quantitative estimate of drug-likeness (QED) is 0.620. The maximum absolute atomic E-state index is 13.3. The van der Waals surface area contributed by atoms with E-state index >= 15 is 0 Å². The standard InChI is InChI=1S/C23H30FN3O4S/c1-16(2)25-23(29)18(4)26(14-19-8-6-17(3)7-9-19)22(28)15-27(32(5,30)31)21-12-10-20(24)11-13-21/h6-13,16,18H,14-15H2,1-5H3,(H,25,29)/t18-/m0/s1. The van der Waals surface area contributed by atoms with Gasteiger partial charge in [-0.3, -0.25) is 13.9 Å². The Morgan fingerprint density at radius 3 is 2.06 bits per heavy atom. The highest BCUT2D eigenvalue weighted by Crippen LogP contribution is 2.19. The lowest BCUT2D eigenvalue weighted by atomic mass is 10.1. The highest BCUT2D eigenvalue weighted by atomic mass is 32.2. The molecule has 0 aromatic heterocycles. The van der Waals surface area contributed by atoms with Crippen molar-refractivity contribution in [1.82, 2.24) is 10.2 Å². The summed E-state index contributed by atoms with van der Waals surface area (Å²) in [6.45, 7) is 6.79. The van der Waals surface area contributed by atoms with Gasteiger partial charge in [0.2, 0.25) is 21.8 Å². The summed E-state index contributed by atoms with van der Waals surface area (Å²) in [6.07, 6.45) is 0.975. The van der Waals surface area contributed by atoms with Crippen molar-refractivity contribution < 1.29 is 22.4 Å². The lowest BCUT2D eigenvalue weighted by molar-refractivity contribution is -0.139. The molecule has 0 heterocycles. The van der Waals surface area contributed by atoms with Crippen LogP contribution in [-0.4, -0.2) is 50.0 Å². The van der Waals surface area contributed by atoms with Gasteiger partial charge >= 0.3 is 0 Å². The molecule has 2 aromatic carbocycles. The van der Waals surface area contributed by atoms with Gasteiger partial charge < -0.3 is 10.2 Å². The van der Waals surface area contributed by atoms with Crippen LogP contribution in [0.25, 0.3) is 0 Å². The van der Waals surface area contributed by atoms with Gasteiger partial charge in [-0.2, -0.15) is 0 Å². The van der Waals surface area contributed by atoms with Gasteiger partial charge in [-0.25, -0.2) is 12.8 Å². The van der Waals surface area contributed by atoms with Gasteiger partial charge in [0.15, 0.2) is 0 Å². The Morgan fingerprint density at radius 1 is 1.00 bits per heavy atom. The first kappa shape index (κ1) is 25.3. The molecule has 9 heteroatoms. The van der Waals surface area contributed by atoms with Crippen LogP contribution in [-0.2, 0) is 26.2 Å². The third kappa shape index (κ3) is 7.05. The average Bonchev–Trinajstić information content (AvgIpc) is 2.70. The summed E-state index contributed by atoms with van der Waals surface area (Å²) in [5.41, 5.74) is 2.02. The van der Waals surface area contributed by atoms with Gasteiger partial charge in [0.05, 0.1) is 11.9 Å². The molecule has 0 unspecified atom stereocenters. The van der Waals surface area contributed by atoms with Crippen LogP contribution in [0.15, 0.2) is 48.5 Å². The summed E-state index contributed by atoms with van der Waals surface area (Å²) < 4.78 is 39.0. The number of hydrogen-bond acceptors (Lipinski definition) is 4. The maximum Gasteiger partial charge on any atom is 0.244 e. The van der Waals surface area contributed by atoms with Gasteiger partial charge in [-0.05, 0) is 57.5 Å². The van der Waals surface area contributed by atoms with Crippen molar-refractivity contribution in [1.29, 1.82) is 0 Å². The average molecular weight is 464 g/mol. The lowest BCUT2D eigenvalue weighted by Gasteiger charge is -2.32. The highest BCUT2D eigenvalue weighted by molar-refractivity contribution is 7.92. The summed E-state index contributed by atoms with van der Waals surface area (Å²) in [5.74, 6) is -1.41. The van der Waals surface area contributed by atoms with E-state index in [1.54, 1.807) is 6.92 Å². The largest absolute Gasteiger partial charge is 0.352 e. The van der Waals surface area contributed by atoms with E-state index in [2.05, 4.69) is 5.32 Å². The fourth-order valence-electron chi connectivity index (χ4n) is 3.10. The van der Waals surface area contributed by atoms with Crippen molar-refractivity contribution in [3.05, 3.63) is 65.5 Å². The first-order chi connectivity index (χ1) is 14.9. The summed E-state index contributed by atoms with van der Waals surface area (Å²) >= 11 is 0. The zero-order valence-corrected chi connectivity index (χ0v) is 19.8. The summed E-state index contributed by atoms with van der Waals surface area (Å²) in [7, 11) is -3.84. The SMILES string of the molecule is Cc1ccc(CN(C(=O)CN(c2ccc(F)cc2)S(C)(=O)=O)[C@@H](C)C(=O)NC(C)C)cc1. The van der Waals surface area contributed by atoms with Crippen molar-refractivity contribution in [3.63, 3.8) is 0 Å². The smallest absolute Gasteiger partial charge is 0.244 e. The third-order valence-corrected chi connectivity index (χ3v) is 6.01. The first-order valence-corrected chi connectivity index (χ1v) is 12.1. The first-order valence-electron chi connectivity index (χ1n) is 10.3. The van der Waals surface area contributed by atoms with Crippen molar-refractivity contribution >= 4 is 27.5 Å². The summed E-state index contributed by atoms with van der Waals surface area (Å²) in [5, 5.41) is 2.79. The van der Waals surface area contributed by atoms with Crippen LogP contribution in [0.5, 0.6) is 0 Å². The Hall–Kier alpha value is -2.94. The highest BCUT2D eigenvalue weighted by Gasteiger charge is 2.30. The van der Waals surface area contributed by atoms with E-state index in [9.17, 15) is 22.4 Å². The molecule has 0 spiro atoms. The molecule has 0 aliphatic rings. The zero-order valence-electron chi connectivity index (χ0n) is 19.0. The minimum Gasteiger partial charge on any atom is -0.352 e. The molecule has 0 radical (unpaired) electrons. The number of aryl methyl sites for hydroxylation is 1. The van der Waals surface area contributed by atoms with E-state index in [1.165, 1.54) is 17.0 Å². The molecule has 0 saturated carbocycles. The van der Waals surface area contributed by atoms with Crippen molar-refractivity contribution in [2.24, 2.45) is 0 Å². The molecular formula is C23H30FN3O4S. The third-order valence-electron chi connectivity index (χ3n) is 4.87. The van der Waals surface area contributed by atoms with Gasteiger partial charge in [0.25, 0.3) is 0 Å². The number of halogens is 1. The number of carbonyl (C=O) groups excluding carboxylic acids is 2. The Morgan fingerprint density at radius 2 is 1.56 bits per heavy atom. The molecule has 0 aliphatic heterocycles. The second-order valence-electron chi connectivity index (χ2n) is 8.09. The molecule has 174 valence electrons. The number of nitrogens with one attached hydrogen (secondary N) is 1. The minimum absolute atomic E-state index is 0.118. The van der Waals surface area contributed by atoms with E-state index in [0.717, 1.165) is 33.8 Å². The zero-order chi connectivity index (χ0) is 24.1. The van der Waals surface area contributed by atoms with Crippen molar-refractivity contribution in [3.8, 4) is 0 Å². The molecule has 0 fully saturated rings. The number of benzene rings is 2. The Kier molecular flexibility index (Phi) is 8.38. The molecule has 2 rings (SSSR count). The Labute approximate surface area is 189 Å². The van der Waals surface area contributed by atoms with Gasteiger partial charge in [0, 0.05) is 12.6 Å². The molecule has 0 saturated heterocycles.